The molecule has 2 aromatic carbocycles. The number of ether oxygens (including phenoxy) is 1. The minimum Gasteiger partial charge on any atom is -0.462 e. The van der Waals surface area contributed by atoms with Gasteiger partial charge in [0, 0.05) is 31.5 Å². The van der Waals surface area contributed by atoms with Gasteiger partial charge in [-0.2, -0.15) is 0 Å². The Balaban J connectivity index is 1.65. The minimum absolute atomic E-state index is 0.0219. The molecule has 6 nitrogen and oxygen atoms in total. The van der Waals surface area contributed by atoms with Crippen LogP contribution < -0.4 is 5.32 Å². The maximum absolute atomic E-state index is 13.6. The number of hydrogen-bond donors (Lipinski definition) is 1. The number of rotatable bonds is 8. The van der Waals surface area contributed by atoms with Gasteiger partial charge in [0.25, 0.3) is 5.91 Å². The quantitative estimate of drug-likeness (QED) is 0.335. The Bertz CT molecular complexity index is 1260. The van der Waals surface area contributed by atoms with E-state index in [1.807, 2.05) is 18.4 Å². The number of hydrogen-bond acceptors (Lipinski definition) is 4. The SMILES string of the molecule is CC(C)c1c(C(=O)NCc2ccc(Cl)c(Cl)c2)nc(-c2ccc(F)cc2)n1CCC1CCCC(=O)O1. The van der Waals surface area contributed by atoms with E-state index in [4.69, 9.17) is 32.9 Å². The fourth-order valence-electron chi connectivity index (χ4n) is 4.43. The normalized spacial score (nSPS) is 15.7. The van der Waals surface area contributed by atoms with Crippen LogP contribution >= 0.6 is 23.2 Å². The molecule has 190 valence electrons. The molecule has 0 bridgehead atoms. The molecule has 0 aliphatic carbocycles. The Morgan fingerprint density at radius 2 is 1.94 bits per heavy atom. The summed E-state index contributed by atoms with van der Waals surface area (Å²) in [5.41, 5.74) is 2.58. The van der Waals surface area contributed by atoms with Gasteiger partial charge in [-0.05, 0) is 60.7 Å². The van der Waals surface area contributed by atoms with Crippen molar-refractivity contribution < 1.29 is 18.7 Å². The van der Waals surface area contributed by atoms with Gasteiger partial charge in [0.2, 0.25) is 0 Å². The van der Waals surface area contributed by atoms with Crippen molar-refractivity contribution in [3.8, 4) is 11.4 Å². The molecule has 1 aromatic heterocycles. The van der Waals surface area contributed by atoms with Crippen LogP contribution in [0.15, 0.2) is 42.5 Å². The van der Waals surface area contributed by atoms with E-state index in [1.54, 1.807) is 30.3 Å². The van der Waals surface area contributed by atoms with Gasteiger partial charge in [0.15, 0.2) is 0 Å². The third-order valence-electron chi connectivity index (χ3n) is 6.19. The molecule has 4 rings (SSSR count). The minimum atomic E-state index is -0.352. The molecule has 1 saturated heterocycles. The Labute approximate surface area is 219 Å². The molecule has 1 amide bonds. The molecule has 1 fully saturated rings. The van der Waals surface area contributed by atoms with Crippen LogP contribution in [-0.4, -0.2) is 27.5 Å². The Morgan fingerprint density at radius 3 is 2.61 bits per heavy atom. The molecule has 1 unspecified atom stereocenters. The molecule has 0 saturated carbocycles. The summed E-state index contributed by atoms with van der Waals surface area (Å²) in [5, 5.41) is 3.78. The van der Waals surface area contributed by atoms with Crippen LogP contribution in [0.3, 0.4) is 0 Å². The van der Waals surface area contributed by atoms with Crippen LogP contribution in [0, 0.1) is 5.82 Å². The highest BCUT2D eigenvalue weighted by Crippen LogP contribution is 2.30. The van der Waals surface area contributed by atoms with Crippen molar-refractivity contribution in [2.75, 3.05) is 0 Å². The van der Waals surface area contributed by atoms with Crippen molar-refractivity contribution in [3.63, 3.8) is 0 Å². The zero-order valence-electron chi connectivity index (χ0n) is 20.2. The lowest BCUT2D eigenvalue weighted by Crippen LogP contribution is -2.26. The largest absolute Gasteiger partial charge is 0.462 e. The number of benzene rings is 2. The predicted molar refractivity (Wildman–Crippen MR) is 138 cm³/mol. The Kier molecular flexibility index (Phi) is 8.32. The maximum Gasteiger partial charge on any atom is 0.306 e. The number of carbonyl (C=O) groups is 2. The fourth-order valence-corrected chi connectivity index (χ4v) is 4.75. The summed E-state index contributed by atoms with van der Waals surface area (Å²) >= 11 is 12.1. The van der Waals surface area contributed by atoms with E-state index in [0.29, 0.717) is 46.5 Å². The topological polar surface area (TPSA) is 73.2 Å². The monoisotopic (exact) mass is 531 g/mol. The molecule has 0 spiro atoms. The number of aromatic nitrogens is 2. The second-order valence-corrected chi connectivity index (χ2v) is 10.0. The zero-order valence-corrected chi connectivity index (χ0v) is 21.7. The summed E-state index contributed by atoms with van der Waals surface area (Å²) in [4.78, 5) is 29.8. The van der Waals surface area contributed by atoms with Crippen molar-refractivity contribution in [2.45, 2.75) is 64.6 Å². The first-order valence-corrected chi connectivity index (χ1v) is 12.8. The summed E-state index contributed by atoms with van der Waals surface area (Å²) in [5.74, 6) is -0.306. The first-order valence-electron chi connectivity index (χ1n) is 12.0. The average molecular weight is 532 g/mol. The third-order valence-corrected chi connectivity index (χ3v) is 6.93. The number of nitrogens with zero attached hydrogens (tertiary/aromatic N) is 2. The summed E-state index contributed by atoms with van der Waals surface area (Å²) in [7, 11) is 0. The van der Waals surface area contributed by atoms with Gasteiger partial charge in [0.1, 0.15) is 23.4 Å². The van der Waals surface area contributed by atoms with Gasteiger partial charge in [-0.15, -0.1) is 0 Å². The summed E-state index contributed by atoms with van der Waals surface area (Å²) in [6.07, 6.45) is 2.47. The molecule has 3 aromatic rings. The smallest absolute Gasteiger partial charge is 0.306 e. The molecule has 0 radical (unpaired) electrons. The number of halogens is 3. The lowest BCUT2D eigenvalue weighted by atomic mass is 10.0. The number of imidazole rings is 1. The van der Waals surface area contributed by atoms with Gasteiger partial charge >= 0.3 is 5.97 Å². The van der Waals surface area contributed by atoms with Gasteiger partial charge in [-0.25, -0.2) is 9.37 Å². The molecular weight excluding hydrogens is 504 g/mol. The predicted octanol–water partition coefficient (Wildman–Crippen LogP) is 6.54. The van der Waals surface area contributed by atoms with Crippen molar-refractivity contribution >= 4 is 35.1 Å². The van der Waals surface area contributed by atoms with Crippen LogP contribution in [0.25, 0.3) is 11.4 Å². The molecule has 1 N–H and O–H groups in total. The van der Waals surface area contributed by atoms with Crippen LogP contribution in [0.2, 0.25) is 10.0 Å². The number of esters is 1. The Hall–Kier alpha value is -2.90. The number of cyclic esters (lactones) is 1. The average Bonchev–Trinajstić information content (AvgIpc) is 3.24. The van der Waals surface area contributed by atoms with E-state index in [1.165, 1.54) is 12.1 Å². The van der Waals surface area contributed by atoms with Gasteiger partial charge in [0.05, 0.1) is 15.7 Å². The van der Waals surface area contributed by atoms with E-state index in [2.05, 4.69) is 5.32 Å². The van der Waals surface area contributed by atoms with Crippen molar-refractivity contribution in [1.29, 1.82) is 0 Å². The van der Waals surface area contributed by atoms with Crippen LogP contribution in [0.4, 0.5) is 4.39 Å². The summed E-state index contributed by atoms with van der Waals surface area (Å²) in [6.45, 7) is 4.76. The van der Waals surface area contributed by atoms with E-state index < -0.39 is 0 Å². The molecule has 1 aliphatic heterocycles. The highest BCUT2D eigenvalue weighted by Gasteiger charge is 2.27. The van der Waals surface area contributed by atoms with Crippen LogP contribution in [0.5, 0.6) is 0 Å². The van der Waals surface area contributed by atoms with E-state index in [9.17, 15) is 14.0 Å². The fraction of sp³-hybridized carbons (Fsp3) is 0.370. The van der Waals surface area contributed by atoms with E-state index >= 15 is 0 Å². The summed E-state index contributed by atoms with van der Waals surface area (Å²) in [6, 6.07) is 11.2. The molecule has 1 aliphatic rings. The van der Waals surface area contributed by atoms with Gasteiger partial charge in [-0.3, -0.25) is 9.59 Å². The lowest BCUT2D eigenvalue weighted by Gasteiger charge is -2.23. The van der Waals surface area contributed by atoms with Gasteiger partial charge in [-0.1, -0.05) is 43.1 Å². The molecule has 9 heteroatoms. The second kappa shape index (κ2) is 11.4. The highest BCUT2D eigenvalue weighted by atomic mass is 35.5. The van der Waals surface area contributed by atoms with E-state index in [0.717, 1.165) is 24.1 Å². The lowest BCUT2D eigenvalue weighted by molar-refractivity contribution is -0.154. The maximum atomic E-state index is 13.6. The zero-order chi connectivity index (χ0) is 25.8. The van der Waals surface area contributed by atoms with Crippen molar-refractivity contribution in [1.82, 2.24) is 14.9 Å². The first kappa shape index (κ1) is 26.2. The van der Waals surface area contributed by atoms with Crippen molar-refractivity contribution in [2.24, 2.45) is 0 Å². The van der Waals surface area contributed by atoms with Crippen molar-refractivity contribution in [3.05, 3.63) is 75.3 Å². The van der Waals surface area contributed by atoms with Crippen LogP contribution in [0.1, 0.15) is 67.2 Å². The molecule has 2 heterocycles. The van der Waals surface area contributed by atoms with E-state index in [-0.39, 0.29) is 36.3 Å². The Morgan fingerprint density at radius 1 is 1.19 bits per heavy atom. The number of carbonyl (C=O) groups excluding carboxylic acids is 2. The highest BCUT2D eigenvalue weighted by molar-refractivity contribution is 6.42. The number of nitrogens with one attached hydrogen (secondary N) is 1. The molecular formula is C27H28Cl2FN3O3. The first-order chi connectivity index (χ1) is 17.2. The van der Waals surface area contributed by atoms with Gasteiger partial charge < -0.3 is 14.6 Å². The third kappa shape index (κ3) is 6.08. The van der Waals surface area contributed by atoms with Crippen LogP contribution in [-0.2, 0) is 22.6 Å². The second-order valence-electron chi connectivity index (χ2n) is 9.21. The molecule has 36 heavy (non-hydrogen) atoms. The number of amides is 1. The summed E-state index contributed by atoms with van der Waals surface area (Å²) < 4.78 is 21.1. The standard InChI is InChI=1S/C27H28Cl2FN3O3/c1-16(2)25-24(27(35)31-15-17-6-11-21(28)22(29)14-17)32-26(18-7-9-19(30)10-8-18)33(25)13-12-20-4-3-5-23(34)36-20/h6-11,14,16,20H,3-5,12-13,15H2,1-2H3,(H,31,35). The molecule has 1 atom stereocenters.